The molecule has 0 aliphatic carbocycles. The first-order chi connectivity index (χ1) is 9.08. The molecule has 5 heteroatoms. The largest absolute Gasteiger partial charge is 0.383 e. The predicted octanol–water partition coefficient (Wildman–Crippen LogP) is 2.58. The molecule has 0 aliphatic heterocycles. The molecule has 1 aromatic carbocycles. The number of aldehydes is 1. The van der Waals surface area contributed by atoms with Crippen LogP contribution in [0.15, 0.2) is 30.9 Å². The summed E-state index contributed by atoms with van der Waals surface area (Å²) in [6.07, 6.45) is 2.30. The van der Waals surface area contributed by atoms with E-state index in [1.165, 1.54) is 10.7 Å². The molecule has 0 spiro atoms. The summed E-state index contributed by atoms with van der Waals surface area (Å²) in [5, 5.41) is 4.28. The third kappa shape index (κ3) is 2.27. The fraction of sp³-hybridized carbons (Fsp3) is 0.143. The lowest BCUT2D eigenvalue weighted by atomic mass is 10.1. The van der Waals surface area contributed by atoms with Crippen LogP contribution >= 0.6 is 0 Å². The van der Waals surface area contributed by atoms with E-state index >= 15 is 0 Å². The number of halogens is 1. The third-order valence-corrected chi connectivity index (χ3v) is 2.88. The van der Waals surface area contributed by atoms with Crippen LogP contribution in [0.4, 0.5) is 10.2 Å². The lowest BCUT2D eigenvalue weighted by molar-refractivity contribution is 0.112. The second-order valence-electron chi connectivity index (χ2n) is 4.20. The summed E-state index contributed by atoms with van der Waals surface area (Å²) in [5.41, 5.74) is 7.78. The number of nitrogens with zero attached hydrogens (tertiary/aromatic N) is 2. The first kappa shape index (κ1) is 13.0. The van der Waals surface area contributed by atoms with Gasteiger partial charge in [0, 0.05) is 5.56 Å². The maximum absolute atomic E-state index is 13.3. The molecule has 0 atom stereocenters. The zero-order chi connectivity index (χ0) is 14.0. The van der Waals surface area contributed by atoms with E-state index in [1.54, 1.807) is 25.1 Å². The fourth-order valence-corrected chi connectivity index (χ4v) is 1.87. The minimum Gasteiger partial charge on any atom is -0.383 e. The summed E-state index contributed by atoms with van der Waals surface area (Å²) in [7, 11) is 0. The van der Waals surface area contributed by atoms with Crippen molar-refractivity contribution in [2.75, 3.05) is 5.73 Å². The van der Waals surface area contributed by atoms with E-state index in [0.717, 1.165) is 0 Å². The molecule has 0 unspecified atom stereocenters. The van der Waals surface area contributed by atoms with Crippen molar-refractivity contribution in [2.24, 2.45) is 0 Å². The van der Waals surface area contributed by atoms with Crippen molar-refractivity contribution in [2.45, 2.75) is 13.5 Å². The van der Waals surface area contributed by atoms with Gasteiger partial charge in [0.05, 0.1) is 12.1 Å². The van der Waals surface area contributed by atoms with Gasteiger partial charge in [-0.15, -0.1) is 6.58 Å². The van der Waals surface area contributed by atoms with Crippen LogP contribution in [0.5, 0.6) is 0 Å². The second kappa shape index (κ2) is 5.06. The van der Waals surface area contributed by atoms with Gasteiger partial charge >= 0.3 is 0 Å². The van der Waals surface area contributed by atoms with Crippen molar-refractivity contribution in [3.05, 3.63) is 47.8 Å². The Bertz CT molecular complexity index is 646. The van der Waals surface area contributed by atoms with Crippen molar-refractivity contribution in [3.8, 4) is 11.3 Å². The Morgan fingerprint density at radius 1 is 1.53 bits per heavy atom. The Morgan fingerprint density at radius 2 is 2.26 bits per heavy atom. The Labute approximate surface area is 110 Å². The van der Waals surface area contributed by atoms with E-state index in [4.69, 9.17) is 5.73 Å². The molecule has 98 valence electrons. The predicted molar refractivity (Wildman–Crippen MR) is 72.4 cm³/mol. The van der Waals surface area contributed by atoms with E-state index in [-0.39, 0.29) is 11.6 Å². The maximum atomic E-state index is 13.3. The zero-order valence-corrected chi connectivity index (χ0v) is 10.6. The minimum absolute atomic E-state index is 0.284. The highest BCUT2D eigenvalue weighted by atomic mass is 19.1. The summed E-state index contributed by atoms with van der Waals surface area (Å²) in [6.45, 7) is 5.67. The lowest BCUT2D eigenvalue weighted by Crippen LogP contribution is -2.03. The van der Waals surface area contributed by atoms with E-state index in [2.05, 4.69) is 11.7 Å². The molecular formula is C14H14FN3O. The highest BCUT2D eigenvalue weighted by Crippen LogP contribution is 2.27. The van der Waals surface area contributed by atoms with Gasteiger partial charge in [-0.05, 0) is 30.7 Å². The molecule has 0 aliphatic rings. The number of hydrogen-bond donors (Lipinski definition) is 1. The molecule has 0 saturated carbocycles. The van der Waals surface area contributed by atoms with Gasteiger partial charge in [-0.3, -0.25) is 4.79 Å². The Kier molecular flexibility index (Phi) is 3.46. The van der Waals surface area contributed by atoms with Crippen LogP contribution in [0, 0.1) is 12.7 Å². The van der Waals surface area contributed by atoms with Gasteiger partial charge in [0.2, 0.25) is 0 Å². The lowest BCUT2D eigenvalue weighted by Gasteiger charge is -2.01. The Hall–Kier alpha value is -2.43. The number of benzene rings is 1. The first-order valence-corrected chi connectivity index (χ1v) is 5.77. The monoisotopic (exact) mass is 259 g/mol. The molecule has 2 aromatic rings. The average Bonchev–Trinajstić information content (AvgIpc) is 2.70. The summed E-state index contributed by atoms with van der Waals surface area (Å²) >= 11 is 0. The van der Waals surface area contributed by atoms with Crippen LogP contribution in [0.1, 0.15) is 15.9 Å². The maximum Gasteiger partial charge on any atom is 0.156 e. The van der Waals surface area contributed by atoms with Crippen molar-refractivity contribution in [1.82, 2.24) is 9.78 Å². The molecule has 0 saturated heterocycles. The van der Waals surface area contributed by atoms with Crippen LogP contribution in [0.25, 0.3) is 11.3 Å². The highest BCUT2D eigenvalue weighted by molar-refractivity contribution is 5.91. The number of allylic oxidation sites excluding steroid dienone is 1. The molecule has 0 amide bonds. The van der Waals surface area contributed by atoms with Gasteiger partial charge in [-0.1, -0.05) is 6.08 Å². The third-order valence-electron chi connectivity index (χ3n) is 2.88. The van der Waals surface area contributed by atoms with Crippen LogP contribution in [0.3, 0.4) is 0 Å². The molecule has 19 heavy (non-hydrogen) atoms. The number of rotatable bonds is 4. The smallest absolute Gasteiger partial charge is 0.156 e. The number of nitrogen functional groups attached to an aromatic ring is 1. The van der Waals surface area contributed by atoms with Crippen LogP contribution in [0.2, 0.25) is 0 Å². The molecule has 0 radical (unpaired) electrons. The van der Waals surface area contributed by atoms with Crippen LogP contribution < -0.4 is 5.73 Å². The average molecular weight is 259 g/mol. The number of hydrogen-bond acceptors (Lipinski definition) is 3. The molecule has 0 fully saturated rings. The van der Waals surface area contributed by atoms with Crippen LogP contribution in [-0.2, 0) is 6.54 Å². The standard InChI is InChI=1S/C14H14FN3O/c1-3-6-18-14(16)11(8-19)13(17-18)10-4-5-12(15)9(2)7-10/h3-5,7-8H,1,6,16H2,2H3. The second-order valence-corrected chi connectivity index (χ2v) is 4.20. The van der Waals surface area contributed by atoms with Gasteiger partial charge in [-0.25, -0.2) is 9.07 Å². The van der Waals surface area contributed by atoms with Crippen molar-refractivity contribution >= 4 is 12.1 Å². The number of carbonyl (C=O) groups excluding carboxylic acids is 1. The summed E-state index contributed by atoms with van der Waals surface area (Å²) in [5.74, 6) is -0.0122. The Balaban J connectivity index is 2.60. The van der Waals surface area contributed by atoms with Crippen molar-refractivity contribution in [1.29, 1.82) is 0 Å². The van der Waals surface area contributed by atoms with Crippen molar-refractivity contribution < 1.29 is 9.18 Å². The quantitative estimate of drug-likeness (QED) is 0.678. The number of aromatic nitrogens is 2. The van der Waals surface area contributed by atoms with Gasteiger partial charge < -0.3 is 5.73 Å². The van der Waals surface area contributed by atoms with E-state index < -0.39 is 0 Å². The summed E-state index contributed by atoms with van der Waals surface area (Å²) in [6, 6.07) is 4.57. The van der Waals surface area contributed by atoms with Gasteiger partial charge in [-0.2, -0.15) is 5.10 Å². The van der Waals surface area contributed by atoms with Gasteiger partial charge in [0.15, 0.2) is 6.29 Å². The topological polar surface area (TPSA) is 60.9 Å². The fourth-order valence-electron chi connectivity index (χ4n) is 1.87. The molecular weight excluding hydrogens is 245 g/mol. The molecule has 2 rings (SSSR count). The Morgan fingerprint density at radius 3 is 2.84 bits per heavy atom. The highest BCUT2D eigenvalue weighted by Gasteiger charge is 2.16. The SMILES string of the molecule is C=CCn1nc(-c2ccc(F)c(C)c2)c(C=O)c1N. The van der Waals surface area contributed by atoms with E-state index in [1.807, 2.05) is 0 Å². The van der Waals surface area contributed by atoms with E-state index in [9.17, 15) is 9.18 Å². The summed E-state index contributed by atoms with van der Waals surface area (Å²) in [4.78, 5) is 11.2. The normalized spacial score (nSPS) is 10.4. The number of anilines is 1. The minimum atomic E-state index is -0.296. The molecule has 1 heterocycles. The number of carbonyl (C=O) groups is 1. The molecule has 0 bridgehead atoms. The van der Waals surface area contributed by atoms with Gasteiger partial charge in [0.1, 0.15) is 17.3 Å². The van der Waals surface area contributed by atoms with Gasteiger partial charge in [0.25, 0.3) is 0 Å². The zero-order valence-electron chi connectivity index (χ0n) is 10.6. The molecule has 1 aromatic heterocycles. The number of nitrogens with two attached hydrogens (primary N) is 1. The number of aryl methyl sites for hydroxylation is 1. The van der Waals surface area contributed by atoms with Crippen molar-refractivity contribution in [3.63, 3.8) is 0 Å². The molecule has 4 nitrogen and oxygen atoms in total. The first-order valence-electron chi connectivity index (χ1n) is 5.77. The van der Waals surface area contributed by atoms with Crippen LogP contribution in [-0.4, -0.2) is 16.1 Å². The molecule has 2 N–H and O–H groups in total. The summed E-state index contributed by atoms with van der Waals surface area (Å²) < 4.78 is 14.8. The van der Waals surface area contributed by atoms with E-state index in [0.29, 0.717) is 35.2 Å².